The Labute approximate surface area is 240 Å². The Hall–Kier alpha value is -3.20. The average molecular weight is 563 g/mol. The van der Waals surface area contributed by atoms with Gasteiger partial charge >= 0.3 is 0 Å². The molecule has 7 nitrogen and oxygen atoms in total. The van der Waals surface area contributed by atoms with Gasteiger partial charge in [0.15, 0.2) is 5.82 Å². The Morgan fingerprint density at radius 3 is 2.52 bits per heavy atom. The number of nitrogens with one attached hydrogen (secondary N) is 1. The number of likely N-dealkylation sites (N-methyl/N-ethyl adjacent to an activating group) is 1. The maximum Gasteiger partial charge on any atom is 0.228 e. The summed E-state index contributed by atoms with van der Waals surface area (Å²) >= 11 is 6.78. The van der Waals surface area contributed by atoms with E-state index in [-0.39, 0.29) is 21.9 Å². The number of aliphatic hydroxyl groups is 1. The van der Waals surface area contributed by atoms with Gasteiger partial charge in [0.05, 0.1) is 5.02 Å². The molecular weight excluding hydrogens is 527 g/mol. The third-order valence-corrected chi connectivity index (χ3v) is 8.90. The standard InChI is InChI=1S/C31H36ClFN6O/c1-18-7-5-6-8-20(18)12-24(40)11-19(2)27-26(32)13-25-29(28(27)33)35-31(38-16-23(17-38)37(3)4)36-30(25)39-21-9-10-22(39)15-34-14-21/h5-8,11-13,21-23,34,40H,9-10,14-17H2,1-4H3/b19-11+,24-12+. The summed E-state index contributed by atoms with van der Waals surface area (Å²) < 4.78 is 16.5. The first-order valence-corrected chi connectivity index (χ1v) is 14.3. The second-order valence-electron chi connectivity index (χ2n) is 11.5. The lowest BCUT2D eigenvalue weighted by Gasteiger charge is -2.43. The van der Waals surface area contributed by atoms with Gasteiger partial charge in [-0.25, -0.2) is 9.37 Å². The monoisotopic (exact) mass is 562 g/mol. The van der Waals surface area contributed by atoms with Crippen molar-refractivity contribution in [3.63, 3.8) is 0 Å². The van der Waals surface area contributed by atoms with Gasteiger partial charge in [0, 0.05) is 55.3 Å². The van der Waals surface area contributed by atoms with Crippen LogP contribution >= 0.6 is 11.6 Å². The van der Waals surface area contributed by atoms with Crippen LogP contribution < -0.4 is 15.1 Å². The first kappa shape index (κ1) is 27.0. The quantitative estimate of drug-likeness (QED) is 0.307. The second kappa shape index (κ2) is 10.7. The van der Waals surface area contributed by atoms with E-state index in [9.17, 15) is 5.11 Å². The molecule has 3 saturated heterocycles. The molecule has 6 rings (SSSR count). The van der Waals surface area contributed by atoms with E-state index in [0.717, 1.165) is 56.0 Å². The van der Waals surface area contributed by atoms with Crippen LogP contribution in [0.1, 0.15) is 36.5 Å². The predicted molar refractivity (Wildman–Crippen MR) is 162 cm³/mol. The summed E-state index contributed by atoms with van der Waals surface area (Å²) in [6.45, 7) is 7.09. The van der Waals surface area contributed by atoms with Crippen LogP contribution in [0.15, 0.2) is 42.2 Å². The number of benzene rings is 2. The van der Waals surface area contributed by atoms with Crippen molar-refractivity contribution >= 4 is 45.9 Å². The largest absolute Gasteiger partial charge is 0.508 e. The van der Waals surface area contributed by atoms with Crippen LogP contribution in [0.3, 0.4) is 0 Å². The fourth-order valence-electron chi connectivity index (χ4n) is 6.18. The minimum absolute atomic E-state index is 0.0270. The number of allylic oxidation sites excluding steroid dienone is 2. The molecular formula is C31H36ClFN6O. The zero-order valence-corrected chi connectivity index (χ0v) is 24.2. The van der Waals surface area contributed by atoms with E-state index in [1.807, 2.05) is 31.2 Å². The van der Waals surface area contributed by atoms with Crippen molar-refractivity contribution in [2.45, 2.75) is 44.8 Å². The van der Waals surface area contributed by atoms with Gasteiger partial charge in [0.25, 0.3) is 0 Å². The van der Waals surface area contributed by atoms with Gasteiger partial charge < -0.3 is 25.1 Å². The summed E-state index contributed by atoms with van der Waals surface area (Å²) in [5, 5.41) is 15.2. The first-order chi connectivity index (χ1) is 19.2. The molecule has 2 aromatic carbocycles. The number of piperazine rings is 1. The number of hydrogen-bond donors (Lipinski definition) is 2. The summed E-state index contributed by atoms with van der Waals surface area (Å²) in [6, 6.07) is 10.6. The molecule has 1 aromatic heterocycles. The fraction of sp³-hybridized carbons (Fsp3) is 0.419. The number of fused-ring (bicyclic) bond motifs is 3. The van der Waals surface area contributed by atoms with E-state index in [1.165, 1.54) is 0 Å². The van der Waals surface area contributed by atoms with Crippen LogP contribution in [-0.4, -0.2) is 78.4 Å². The molecule has 3 aromatic rings. The Morgan fingerprint density at radius 2 is 1.85 bits per heavy atom. The fourth-order valence-corrected chi connectivity index (χ4v) is 6.52. The van der Waals surface area contributed by atoms with Crippen molar-refractivity contribution in [2.75, 3.05) is 50.1 Å². The number of hydrogen-bond acceptors (Lipinski definition) is 7. The number of anilines is 2. The summed E-state index contributed by atoms with van der Waals surface area (Å²) in [4.78, 5) is 16.5. The molecule has 3 aliphatic rings. The SMILES string of the molecule is C/C(=C\C(O)=C/c1ccccc1C)c1c(Cl)cc2c(N3C4CCC3CNC4)nc(N3CC(N(C)C)C3)nc2c1F. The molecule has 0 aliphatic carbocycles. The van der Waals surface area contributed by atoms with Gasteiger partial charge in [-0.1, -0.05) is 35.9 Å². The average Bonchev–Trinajstić information content (AvgIpc) is 3.11. The smallest absolute Gasteiger partial charge is 0.228 e. The van der Waals surface area contributed by atoms with Crippen LogP contribution in [0.2, 0.25) is 5.02 Å². The summed E-state index contributed by atoms with van der Waals surface area (Å²) in [5.41, 5.74) is 2.96. The molecule has 210 valence electrons. The number of nitrogens with zero attached hydrogens (tertiary/aromatic N) is 5. The van der Waals surface area contributed by atoms with Gasteiger partial charge in [-0.2, -0.15) is 4.98 Å². The minimum atomic E-state index is -0.489. The van der Waals surface area contributed by atoms with E-state index < -0.39 is 5.82 Å². The highest BCUT2D eigenvalue weighted by atomic mass is 35.5. The van der Waals surface area contributed by atoms with Crippen molar-refractivity contribution in [2.24, 2.45) is 0 Å². The molecule has 0 amide bonds. The molecule has 3 fully saturated rings. The van der Waals surface area contributed by atoms with Crippen molar-refractivity contribution in [3.05, 3.63) is 69.7 Å². The molecule has 2 atom stereocenters. The molecule has 4 heterocycles. The Balaban J connectivity index is 1.45. The molecule has 40 heavy (non-hydrogen) atoms. The normalized spacial score (nSPS) is 22.0. The van der Waals surface area contributed by atoms with E-state index in [1.54, 1.807) is 25.1 Å². The summed E-state index contributed by atoms with van der Waals surface area (Å²) in [7, 11) is 4.14. The van der Waals surface area contributed by atoms with E-state index in [0.29, 0.717) is 35.0 Å². The van der Waals surface area contributed by atoms with Gasteiger partial charge in [0.2, 0.25) is 5.95 Å². The lowest BCUT2D eigenvalue weighted by atomic mass is 10.0. The van der Waals surface area contributed by atoms with Crippen LogP contribution in [-0.2, 0) is 0 Å². The Kier molecular flexibility index (Phi) is 7.19. The lowest BCUT2D eigenvalue weighted by Crippen LogP contribution is -2.58. The number of aliphatic hydroxyl groups excluding tert-OH is 1. The third-order valence-electron chi connectivity index (χ3n) is 8.60. The molecule has 0 saturated carbocycles. The maximum atomic E-state index is 16.5. The highest BCUT2D eigenvalue weighted by Crippen LogP contribution is 2.41. The first-order valence-electron chi connectivity index (χ1n) is 14.0. The lowest BCUT2D eigenvalue weighted by molar-refractivity contribution is 0.245. The number of aromatic nitrogens is 2. The van der Waals surface area contributed by atoms with E-state index in [2.05, 4.69) is 34.1 Å². The highest BCUT2D eigenvalue weighted by molar-refractivity contribution is 6.33. The topological polar surface area (TPSA) is 67.8 Å². The number of halogens is 2. The van der Waals surface area contributed by atoms with Crippen molar-refractivity contribution in [1.82, 2.24) is 20.2 Å². The van der Waals surface area contributed by atoms with Gasteiger partial charge in [-0.15, -0.1) is 0 Å². The summed E-state index contributed by atoms with van der Waals surface area (Å²) in [5.74, 6) is 0.851. The van der Waals surface area contributed by atoms with Gasteiger partial charge in [-0.3, -0.25) is 0 Å². The highest BCUT2D eigenvalue weighted by Gasteiger charge is 2.40. The van der Waals surface area contributed by atoms with Gasteiger partial charge in [-0.05, 0) is 75.7 Å². The second-order valence-corrected chi connectivity index (χ2v) is 11.9. The summed E-state index contributed by atoms with van der Waals surface area (Å²) in [6.07, 6.45) is 5.38. The molecule has 9 heteroatoms. The van der Waals surface area contributed by atoms with Crippen LogP contribution in [0.5, 0.6) is 0 Å². The van der Waals surface area contributed by atoms with Crippen molar-refractivity contribution in [3.8, 4) is 0 Å². The number of aryl methyl sites for hydroxylation is 1. The molecule has 2 N–H and O–H groups in total. The molecule has 3 aliphatic heterocycles. The molecule has 2 unspecified atom stereocenters. The van der Waals surface area contributed by atoms with Crippen molar-refractivity contribution < 1.29 is 9.50 Å². The van der Waals surface area contributed by atoms with E-state index in [4.69, 9.17) is 21.6 Å². The maximum absolute atomic E-state index is 16.5. The molecule has 0 spiro atoms. The van der Waals surface area contributed by atoms with Crippen molar-refractivity contribution in [1.29, 1.82) is 0 Å². The molecule has 0 radical (unpaired) electrons. The van der Waals surface area contributed by atoms with Crippen LogP contribution in [0, 0.1) is 12.7 Å². The Morgan fingerprint density at radius 1 is 1.15 bits per heavy atom. The third kappa shape index (κ3) is 4.82. The van der Waals surface area contributed by atoms with Gasteiger partial charge in [0.1, 0.15) is 17.1 Å². The van der Waals surface area contributed by atoms with E-state index >= 15 is 4.39 Å². The number of rotatable bonds is 6. The molecule has 2 bridgehead atoms. The van der Waals surface area contributed by atoms with Crippen LogP contribution in [0.4, 0.5) is 16.2 Å². The zero-order valence-electron chi connectivity index (χ0n) is 23.5. The predicted octanol–water partition coefficient (Wildman–Crippen LogP) is 5.42. The zero-order chi connectivity index (χ0) is 28.1. The van der Waals surface area contributed by atoms with Crippen LogP contribution in [0.25, 0.3) is 22.6 Å². The Bertz CT molecular complexity index is 1500. The minimum Gasteiger partial charge on any atom is -0.508 e.